The van der Waals surface area contributed by atoms with Gasteiger partial charge in [-0.05, 0) is 57.2 Å². The summed E-state index contributed by atoms with van der Waals surface area (Å²) in [6.07, 6.45) is 2.13. The first-order valence-corrected chi connectivity index (χ1v) is 13.2. The Morgan fingerprint density at radius 1 is 1.17 bits per heavy atom. The molecule has 3 rings (SSSR count). The maximum absolute atomic E-state index is 12.8. The maximum atomic E-state index is 12.8. The van der Waals surface area contributed by atoms with Crippen molar-refractivity contribution in [1.29, 1.82) is 0 Å². The molecular weight excluding hydrogens is 478 g/mol. The van der Waals surface area contributed by atoms with Gasteiger partial charge in [0.05, 0.1) is 34.7 Å². The summed E-state index contributed by atoms with van der Waals surface area (Å²) in [5, 5.41) is 15.7. The molecule has 1 heterocycles. The van der Waals surface area contributed by atoms with Gasteiger partial charge in [0.15, 0.2) is 0 Å². The Balaban J connectivity index is 1.84. The number of aliphatic hydroxyl groups is 1. The normalized spacial score (nSPS) is 12.9. The van der Waals surface area contributed by atoms with Gasteiger partial charge in [0.1, 0.15) is 5.82 Å². The SMILES string of the molecule is CCOC(=O)N=S(C)(=O)c1ccc(Nc2ncc(C#Cc3ccc(C)cc3)c(N[C@H](C)CO)n2)cc1. The van der Waals surface area contributed by atoms with E-state index in [0.717, 1.165) is 11.1 Å². The average Bonchev–Trinajstić information content (AvgIpc) is 2.84. The molecule has 36 heavy (non-hydrogen) atoms. The second-order valence-corrected chi connectivity index (χ2v) is 10.3. The van der Waals surface area contributed by atoms with Crippen LogP contribution in [0.2, 0.25) is 0 Å². The molecule has 2 aromatic carbocycles. The lowest BCUT2D eigenvalue weighted by Gasteiger charge is -2.14. The van der Waals surface area contributed by atoms with E-state index in [0.29, 0.717) is 27.9 Å². The second kappa shape index (κ2) is 12.2. The lowest BCUT2D eigenvalue weighted by molar-refractivity contribution is 0.164. The van der Waals surface area contributed by atoms with E-state index >= 15 is 0 Å². The number of aliphatic hydroxyl groups excluding tert-OH is 1. The topological polar surface area (TPSA) is 126 Å². The molecule has 3 N–H and O–H groups in total. The van der Waals surface area contributed by atoms with Gasteiger partial charge >= 0.3 is 6.09 Å². The van der Waals surface area contributed by atoms with Gasteiger partial charge < -0.3 is 20.5 Å². The smallest absolute Gasteiger partial charge is 0.442 e. The first-order valence-electron chi connectivity index (χ1n) is 11.3. The number of rotatable bonds is 7. The van der Waals surface area contributed by atoms with Crippen molar-refractivity contribution in [3.05, 3.63) is 71.4 Å². The molecule has 0 fully saturated rings. The van der Waals surface area contributed by atoms with Crippen molar-refractivity contribution in [3.8, 4) is 11.8 Å². The number of nitrogens with one attached hydrogen (secondary N) is 2. The lowest BCUT2D eigenvalue weighted by atomic mass is 10.1. The highest BCUT2D eigenvalue weighted by Gasteiger charge is 2.12. The number of anilines is 3. The van der Waals surface area contributed by atoms with E-state index in [1.165, 1.54) is 6.26 Å². The quantitative estimate of drug-likeness (QED) is 0.404. The van der Waals surface area contributed by atoms with E-state index < -0.39 is 15.8 Å². The van der Waals surface area contributed by atoms with E-state index in [9.17, 15) is 14.1 Å². The Bertz CT molecular complexity index is 1390. The molecule has 1 aromatic heterocycles. The van der Waals surface area contributed by atoms with Crippen LogP contribution in [0.25, 0.3) is 0 Å². The third-order valence-corrected chi connectivity index (χ3v) is 6.55. The molecule has 0 saturated heterocycles. The predicted octanol–water partition coefficient (Wildman–Crippen LogP) is 4.33. The van der Waals surface area contributed by atoms with Gasteiger partial charge in [-0.25, -0.2) is 14.0 Å². The molecule has 1 amide bonds. The van der Waals surface area contributed by atoms with Crippen LogP contribution in [0.4, 0.5) is 22.2 Å². The average molecular weight is 508 g/mol. The van der Waals surface area contributed by atoms with Gasteiger partial charge in [0.2, 0.25) is 5.95 Å². The van der Waals surface area contributed by atoms with Crippen LogP contribution in [-0.2, 0) is 14.5 Å². The molecule has 2 atom stereocenters. The molecule has 188 valence electrons. The van der Waals surface area contributed by atoms with Crippen LogP contribution in [0.1, 0.15) is 30.5 Å². The van der Waals surface area contributed by atoms with Gasteiger partial charge in [-0.3, -0.25) is 0 Å². The van der Waals surface area contributed by atoms with Crippen LogP contribution in [0, 0.1) is 18.8 Å². The molecule has 0 saturated carbocycles. The summed E-state index contributed by atoms with van der Waals surface area (Å²) in [6, 6.07) is 14.2. The highest BCUT2D eigenvalue weighted by atomic mass is 32.2. The number of carbonyl (C=O) groups is 1. The fourth-order valence-electron chi connectivity index (χ4n) is 2.96. The first-order chi connectivity index (χ1) is 17.2. The third kappa shape index (κ3) is 7.53. The van der Waals surface area contributed by atoms with Crippen LogP contribution in [0.15, 0.2) is 64.0 Å². The number of carbonyl (C=O) groups excluding carboxylic acids is 1. The number of hydrogen-bond donors (Lipinski definition) is 3. The Morgan fingerprint density at radius 2 is 1.86 bits per heavy atom. The number of aryl methyl sites for hydroxylation is 1. The molecule has 3 aromatic rings. The fourth-order valence-corrected chi connectivity index (χ4v) is 4.05. The molecule has 0 aliphatic heterocycles. The predicted molar refractivity (Wildman–Crippen MR) is 141 cm³/mol. The zero-order chi connectivity index (χ0) is 26.1. The Hall–Kier alpha value is -3.94. The maximum Gasteiger partial charge on any atom is 0.442 e. The molecule has 9 nitrogen and oxygen atoms in total. The van der Waals surface area contributed by atoms with E-state index in [2.05, 4.69) is 36.8 Å². The number of hydrogen-bond acceptors (Lipinski definition) is 8. The minimum Gasteiger partial charge on any atom is -0.448 e. The molecular formula is C26H29N5O4S. The number of benzene rings is 2. The zero-order valence-corrected chi connectivity index (χ0v) is 21.4. The van der Waals surface area contributed by atoms with E-state index in [-0.39, 0.29) is 19.3 Å². The van der Waals surface area contributed by atoms with Crippen molar-refractivity contribution in [1.82, 2.24) is 9.97 Å². The summed E-state index contributed by atoms with van der Waals surface area (Å²) in [7, 11) is -2.94. The van der Waals surface area contributed by atoms with Crippen molar-refractivity contribution in [2.24, 2.45) is 4.36 Å². The molecule has 0 aliphatic rings. The van der Waals surface area contributed by atoms with E-state index in [1.807, 2.05) is 38.1 Å². The van der Waals surface area contributed by atoms with Gasteiger partial charge in [-0.15, -0.1) is 4.36 Å². The summed E-state index contributed by atoms with van der Waals surface area (Å²) in [4.78, 5) is 20.9. The summed E-state index contributed by atoms with van der Waals surface area (Å²) in [5.74, 6) is 6.99. The van der Waals surface area contributed by atoms with Crippen LogP contribution >= 0.6 is 0 Å². The minimum absolute atomic E-state index is 0.0772. The zero-order valence-electron chi connectivity index (χ0n) is 20.6. The van der Waals surface area contributed by atoms with Crippen molar-refractivity contribution >= 4 is 33.3 Å². The Morgan fingerprint density at radius 3 is 2.50 bits per heavy atom. The fraction of sp³-hybridized carbons (Fsp3) is 0.269. The Kier molecular flexibility index (Phi) is 9.00. The second-order valence-electron chi connectivity index (χ2n) is 8.04. The van der Waals surface area contributed by atoms with Crippen molar-refractivity contribution < 1.29 is 18.8 Å². The first kappa shape index (κ1) is 26.7. The summed E-state index contributed by atoms with van der Waals surface area (Å²) >= 11 is 0. The van der Waals surface area contributed by atoms with Crippen molar-refractivity contribution in [2.75, 3.05) is 30.1 Å². The van der Waals surface area contributed by atoms with Gasteiger partial charge in [0.25, 0.3) is 0 Å². The molecule has 1 unspecified atom stereocenters. The number of nitrogens with zero attached hydrogens (tertiary/aromatic N) is 3. The van der Waals surface area contributed by atoms with Gasteiger partial charge in [-0.2, -0.15) is 4.98 Å². The molecule has 0 radical (unpaired) electrons. The molecule has 0 spiro atoms. The number of ether oxygens (including phenoxy) is 1. The molecule has 0 aliphatic carbocycles. The van der Waals surface area contributed by atoms with Crippen LogP contribution < -0.4 is 10.6 Å². The standard InChI is InChI=1S/C26H29N5O4S/c1-5-35-26(33)31-36(4,34)23-14-12-22(13-15-23)29-25-27-16-21(24(30-25)28-19(3)17-32)11-10-20-8-6-18(2)7-9-20/h6-9,12-16,19,32H,5,17H2,1-4H3,(H2,27,28,29,30)/t19-,36?/m1/s1. The number of amides is 1. The molecule has 10 heteroatoms. The minimum atomic E-state index is -2.94. The third-order valence-electron chi connectivity index (χ3n) is 4.90. The van der Waals surface area contributed by atoms with E-state index in [4.69, 9.17) is 4.74 Å². The van der Waals surface area contributed by atoms with Crippen LogP contribution in [0.5, 0.6) is 0 Å². The Labute approximate surface area is 211 Å². The van der Waals surface area contributed by atoms with Crippen molar-refractivity contribution in [2.45, 2.75) is 31.7 Å². The number of aromatic nitrogens is 2. The van der Waals surface area contributed by atoms with Gasteiger partial charge in [0, 0.05) is 28.4 Å². The highest BCUT2D eigenvalue weighted by Crippen LogP contribution is 2.21. The summed E-state index contributed by atoms with van der Waals surface area (Å²) < 4.78 is 21.2. The van der Waals surface area contributed by atoms with Crippen molar-refractivity contribution in [3.63, 3.8) is 0 Å². The lowest BCUT2D eigenvalue weighted by Crippen LogP contribution is -2.21. The molecule has 0 bridgehead atoms. The highest BCUT2D eigenvalue weighted by molar-refractivity contribution is 7.93. The summed E-state index contributed by atoms with van der Waals surface area (Å²) in [5.41, 5.74) is 3.25. The summed E-state index contributed by atoms with van der Waals surface area (Å²) in [6.45, 7) is 5.58. The van der Waals surface area contributed by atoms with Gasteiger partial charge in [-0.1, -0.05) is 29.5 Å². The van der Waals surface area contributed by atoms with E-state index in [1.54, 1.807) is 37.4 Å². The van der Waals surface area contributed by atoms with Crippen LogP contribution in [0.3, 0.4) is 0 Å². The largest absolute Gasteiger partial charge is 0.448 e. The monoisotopic (exact) mass is 507 g/mol. The van der Waals surface area contributed by atoms with Crippen LogP contribution in [-0.4, -0.2) is 50.9 Å².